The number of carbonyl (C=O) groups excluding carboxylic acids is 3. The number of urea groups is 1. The van der Waals surface area contributed by atoms with E-state index in [0.717, 1.165) is 36.1 Å². The van der Waals surface area contributed by atoms with Gasteiger partial charge in [-0.25, -0.2) is 4.79 Å². The van der Waals surface area contributed by atoms with Gasteiger partial charge >= 0.3 is 6.03 Å². The number of nitrogens with zero attached hydrogens (tertiary/aromatic N) is 1. The Balaban J connectivity index is 1.59. The van der Waals surface area contributed by atoms with Gasteiger partial charge in [0.25, 0.3) is 5.91 Å². The van der Waals surface area contributed by atoms with Crippen LogP contribution in [0.2, 0.25) is 0 Å². The molecule has 6 nitrogen and oxygen atoms in total. The van der Waals surface area contributed by atoms with Gasteiger partial charge in [0.1, 0.15) is 12.1 Å². The smallest absolute Gasteiger partial charge is 0.325 e. The van der Waals surface area contributed by atoms with Gasteiger partial charge in [0, 0.05) is 0 Å². The van der Waals surface area contributed by atoms with E-state index in [-0.39, 0.29) is 29.8 Å². The Morgan fingerprint density at radius 1 is 1.19 bits per heavy atom. The number of imide groups is 1. The summed E-state index contributed by atoms with van der Waals surface area (Å²) >= 11 is 0. The Morgan fingerprint density at radius 2 is 1.81 bits per heavy atom. The second-order valence-corrected chi connectivity index (χ2v) is 9.90. The lowest BCUT2D eigenvalue weighted by Gasteiger charge is -2.42. The highest BCUT2D eigenvalue weighted by Gasteiger charge is 2.53. The molecule has 1 atom stereocenters. The predicted molar refractivity (Wildman–Crippen MR) is 121 cm³/mol. The Morgan fingerprint density at radius 3 is 2.35 bits per heavy atom. The number of amides is 4. The largest absolute Gasteiger partial charge is 0.348 e. The van der Waals surface area contributed by atoms with Crippen LogP contribution in [0.4, 0.5) is 4.79 Å². The molecule has 1 aromatic carbocycles. The predicted octanol–water partition coefficient (Wildman–Crippen LogP) is 4.34. The van der Waals surface area contributed by atoms with Crippen molar-refractivity contribution in [1.82, 2.24) is 15.5 Å². The first-order valence-electron chi connectivity index (χ1n) is 11.6. The molecule has 0 aromatic heterocycles. The second kappa shape index (κ2) is 9.01. The fourth-order valence-electron chi connectivity index (χ4n) is 4.90. The monoisotopic (exact) mass is 427 g/mol. The van der Waals surface area contributed by atoms with Crippen molar-refractivity contribution in [2.75, 3.05) is 6.54 Å². The SMILES string of the molecule is CCc1ccc(C(C)NC(=O)CN2C(=O)NC3(CCC(C(C)(C)CC)CC3)C2=O)cc1. The number of hydrogen-bond acceptors (Lipinski definition) is 3. The van der Waals surface area contributed by atoms with Gasteiger partial charge in [-0.15, -0.1) is 0 Å². The highest BCUT2D eigenvalue weighted by Crippen LogP contribution is 2.45. The maximum absolute atomic E-state index is 13.1. The summed E-state index contributed by atoms with van der Waals surface area (Å²) in [6, 6.07) is 7.46. The molecule has 1 heterocycles. The summed E-state index contributed by atoms with van der Waals surface area (Å²) in [4.78, 5) is 39.4. The van der Waals surface area contributed by atoms with E-state index in [2.05, 4.69) is 50.5 Å². The van der Waals surface area contributed by atoms with Crippen LogP contribution in [0.15, 0.2) is 24.3 Å². The van der Waals surface area contributed by atoms with Crippen LogP contribution in [0, 0.1) is 11.3 Å². The molecular weight excluding hydrogens is 390 g/mol. The first-order valence-corrected chi connectivity index (χ1v) is 11.6. The van der Waals surface area contributed by atoms with E-state index in [1.54, 1.807) is 0 Å². The van der Waals surface area contributed by atoms with Crippen LogP contribution in [-0.4, -0.2) is 34.8 Å². The Hall–Kier alpha value is -2.37. The zero-order valence-corrected chi connectivity index (χ0v) is 19.6. The van der Waals surface area contributed by atoms with Gasteiger partial charge in [-0.05, 0) is 61.5 Å². The maximum atomic E-state index is 13.1. The van der Waals surface area contributed by atoms with Crippen LogP contribution in [0.3, 0.4) is 0 Å². The summed E-state index contributed by atoms with van der Waals surface area (Å²) in [5.74, 6) is -0.0288. The molecule has 4 amide bonds. The lowest BCUT2D eigenvalue weighted by molar-refractivity contribution is -0.136. The molecule has 2 fully saturated rings. The molecule has 1 aliphatic carbocycles. The zero-order valence-electron chi connectivity index (χ0n) is 19.6. The average Bonchev–Trinajstić information content (AvgIpc) is 2.98. The lowest BCUT2D eigenvalue weighted by atomic mass is 9.65. The average molecular weight is 428 g/mol. The molecule has 1 spiro atoms. The molecule has 2 aliphatic rings. The fraction of sp³-hybridized carbons (Fsp3) is 0.640. The van der Waals surface area contributed by atoms with Crippen molar-refractivity contribution in [3.8, 4) is 0 Å². The molecule has 0 bridgehead atoms. The van der Waals surface area contributed by atoms with Crippen molar-refractivity contribution in [1.29, 1.82) is 0 Å². The third-order valence-corrected chi connectivity index (χ3v) is 7.67. The first kappa shape index (κ1) is 23.3. The van der Waals surface area contributed by atoms with Crippen LogP contribution in [0.1, 0.15) is 83.9 Å². The standard InChI is InChI=1S/C25H37N3O3/c1-6-18-8-10-19(11-9-18)17(3)26-21(29)16-28-22(30)25(27-23(28)31)14-12-20(13-15-25)24(4,5)7-2/h8-11,17,20H,6-7,12-16H2,1-5H3,(H,26,29)(H,27,31). The van der Waals surface area contributed by atoms with E-state index in [9.17, 15) is 14.4 Å². The van der Waals surface area contributed by atoms with Crippen LogP contribution < -0.4 is 10.6 Å². The highest BCUT2D eigenvalue weighted by atomic mass is 16.2. The molecule has 2 N–H and O–H groups in total. The summed E-state index contributed by atoms with van der Waals surface area (Å²) in [7, 11) is 0. The summed E-state index contributed by atoms with van der Waals surface area (Å²) in [6.45, 7) is 10.5. The van der Waals surface area contributed by atoms with E-state index in [1.165, 1.54) is 5.56 Å². The summed E-state index contributed by atoms with van der Waals surface area (Å²) in [6.07, 6.45) is 5.17. The van der Waals surface area contributed by atoms with Gasteiger partial charge < -0.3 is 10.6 Å². The quantitative estimate of drug-likeness (QED) is 0.635. The van der Waals surface area contributed by atoms with Crippen LogP contribution >= 0.6 is 0 Å². The minimum atomic E-state index is -0.834. The molecule has 1 aromatic rings. The number of rotatable bonds is 7. The highest BCUT2D eigenvalue weighted by molar-refractivity contribution is 6.09. The number of benzene rings is 1. The van der Waals surface area contributed by atoms with E-state index in [1.807, 2.05) is 19.1 Å². The van der Waals surface area contributed by atoms with Gasteiger partial charge in [-0.1, -0.05) is 58.4 Å². The van der Waals surface area contributed by atoms with Crippen molar-refractivity contribution in [2.45, 2.75) is 84.7 Å². The van der Waals surface area contributed by atoms with Crippen LogP contribution in [0.25, 0.3) is 0 Å². The normalized spacial score (nSPS) is 24.9. The summed E-state index contributed by atoms with van der Waals surface area (Å²) in [5.41, 5.74) is 1.64. The first-order chi connectivity index (χ1) is 14.6. The van der Waals surface area contributed by atoms with E-state index in [0.29, 0.717) is 18.8 Å². The van der Waals surface area contributed by atoms with Crippen LogP contribution in [0.5, 0.6) is 0 Å². The molecule has 1 aliphatic heterocycles. The summed E-state index contributed by atoms with van der Waals surface area (Å²) < 4.78 is 0. The topological polar surface area (TPSA) is 78.5 Å². The molecule has 1 saturated carbocycles. The fourth-order valence-corrected chi connectivity index (χ4v) is 4.90. The Kier molecular flexibility index (Phi) is 6.77. The number of aryl methyl sites for hydroxylation is 1. The minimum absolute atomic E-state index is 0.195. The van der Waals surface area contributed by atoms with Gasteiger partial charge in [-0.2, -0.15) is 0 Å². The van der Waals surface area contributed by atoms with Gasteiger partial charge in [0.2, 0.25) is 5.91 Å². The molecule has 0 radical (unpaired) electrons. The molecular formula is C25H37N3O3. The molecule has 170 valence electrons. The number of nitrogens with one attached hydrogen (secondary N) is 2. The van der Waals surface area contributed by atoms with Gasteiger partial charge in [0.15, 0.2) is 0 Å². The van der Waals surface area contributed by atoms with Crippen molar-refractivity contribution >= 4 is 17.8 Å². The minimum Gasteiger partial charge on any atom is -0.348 e. The van der Waals surface area contributed by atoms with E-state index >= 15 is 0 Å². The van der Waals surface area contributed by atoms with E-state index in [4.69, 9.17) is 0 Å². The molecule has 31 heavy (non-hydrogen) atoms. The molecule has 6 heteroatoms. The summed E-state index contributed by atoms with van der Waals surface area (Å²) in [5, 5.41) is 5.83. The zero-order chi connectivity index (χ0) is 22.8. The van der Waals surface area contributed by atoms with E-state index < -0.39 is 11.6 Å². The third kappa shape index (κ3) is 4.78. The lowest BCUT2D eigenvalue weighted by Crippen LogP contribution is -2.51. The number of hydrogen-bond donors (Lipinski definition) is 2. The van der Waals surface area contributed by atoms with Gasteiger partial charge in [0.05, 0.1) is 6.04 Å². The van der Waals surface area contributed by atoms with Crippen molar-refractivity contribution in [3.63, 3.8) is 0 Å². The third-order valence-electron chi connectivity index (χ3n) is 7.67. The van der Waals surface area contributed by atoms with Crippen molar-refractivity contribution in [3.05, 3.63) is 35.4 Å². The van der Waals surface area contributed by atoms with Crippen molar-refractivity contribution in [2.24, 2.45) is 11.3 Å². The Bertz CT molecular complexity index is 823. The Labute approximate surface area is 186 Å². The second-order valence-electron chi connectivity index (χ2n) is 9.90. The molecule has 1 unspecified atom stereocenters. The maximum Gasteiger partial charge on any atom is 0.325 e. The molecule has 1 saturated heterocycles. The number of carbonyl (C=O) groups is 3. The van der Waals surface area contributed by atoms with Crippen LogP contribution in [-0.2, 0) is 16.0 Å². The van der Waals surface area contributed by atoms with Crippen molar-refractivity contribution < 1.29 is 14.4 Å². The molecule has 3 rings (SSSR count). The van der Waals surface area contributed by atoms with Gasteiger partial charge in [-0.3, -0.25) is 14.5 Å².